The second kappa shape index (κ2) is 6.36. The summed E-state index contributed by atoms with van der Waals surface area (Å²) in [5, 5.41) is 11.5. The molecule has 0 unspecified atom stereocenters. The number of hydrogen-bond donors (Lipinski definition) is 2. The first-order valence-electron chi connectivity index (χ1n) is 5.85. The average molecular weight is 351 g/mol. The van der Waals surface area contributed by atoms with E-state index >= 15 is 0 Å². The summed E-state index contributed by atoms with van der Waals surface area (Å²) in [4.78, 5) is 26.6. The molecule has 2 rings (SSSR count). The van der Waals surface area contributed by atoms with Gasteiger partial charge in [0.2, 0.25) is 0 Å². The van der Waals surface area contributed by atoms with Crippen molar-refractivity contribution in [3.63, 3.8) is 0 Å². The highest BCUT2D eigenvalue weighted by atomic mass is 79.9. The lowest BCUT2D eigenvalue weighted by Crippen LogP contribution is -2.13. The van der Waals surface area contributed by atoms with Gasteiger partial charge >= 0.3 is 5.97 Å². The van der Waals surface area contributed by atoms with Crippen molar-refractivity contribution in [1.82, 2.24) is 4.98 Å². The van der Waals surface area contributed by atoms with Crippen LogP contribution in [-0.2, 0) is 0 Å². The van der Waals surface area contributed by atoms with Gasteiger partial charge in [0.1, 0.15) is 11.4 Å². The minimum absolute atomic E-state index is 0.182. The Balaban J connectivity index is 2.20. The number of carboxylic acid groups (broad SMARTS) is 1. The third-order valence-electron chi connectivity index (χ3n) is 2.65. The van der Waals surface area contributed by atoms with E-state index in [1.165, 1.54) is 18.3 Å². The van der Waals surface area contributed by atoms with Crippen molar-refractivity contribution in [2.75, 3.05) is 12.4 Å². The second-order valence-corrected chi connectivity index (χ2v) is 4.89. The molecule has 0 radical (unpaired) electrons. The van der Waals surface area contributed by atoms with Gasteiger partial charge in [-0.05, 0) is 46.3 Å². The molecule has 1 heterocycles. The van der Waals surface area contributed by atoms with Crippen LogP contribution in [0.25, 0.3) is 0 Å². The van der Waals surface area contributed by atoms with Crippen LogP contribution in [0.3, 0.4) is 0 Å². The van der Waals surface area contributed by atoms with Gasteiger partial charge in [-0.25, -0.2) is 9.78 Å². The number of pyridine rings is 1. The first-order chi connectivity index (χ1) is 10.0. The summed E-state index contributed by atoms with van der Waals surface area (Å²) >= 11 is 3.32. The van der Waals surface area contributed by atoms with Gasteiger partial charge in [-0.3, -0.25) is 4.79 Å². The predicted octanol–water partition coefficient (Wildman–Crippen LogP) is 2.80. The highest BCUT2D eigenvalue weighted by Gasteiger charge is 2.11. The van der Waals surface area contributed by atoms with E-state index < -0.39 is 11.9 Å². The molecule has 0 aliphatic carbocycles. The van der Waals surface area contributed by atoms with Crippen LogP contribution in [0, 0.1) is 0 Å². The zero-order valence-corrected chi connectivity index (χ0v) is 12.5. The molecule has 1 aromatic heterocycles. The number of carboxylic acids is 1. The highest BCUT2D eigenvalue weighted by Crippen LogP contribution is 2.27. The molecule has 6 nitrogen and oxygen atoms in total. The normalized spacial score (nSPS) is 10.0. The van der Waals surface area contributed by atoms with Gasteiger partial charge < -0.3 is 15.2 Å². The van der Waals surface area contributed by atoms with E-state index in [0.717, 1.165) is 0 Å². The number of amides is 1. The van der Waals surface area contributed by atoms with Gasteiger partial charge in [0.25, 0.3) is 5.91 Å². The molecule has 0 fully saturated rings. The van der Waals surface area contributed by atoms with E-state index in [2.05, 4.69) is 26.2 Å². The number of carbonyl (C=O) groups is 2. The fraction of sp³-hybridized carbons (Fsp3) is 0.0714. The Morgan fingerprint density at radius 3 is 2.67 bits per heavy atom. The van der Waals surface area contributed by atoms with Crippen molar-refractivity contribution in [3.05, 3.63) is 52.3 Å². The van der Waals surface area contributed by atoms with Crippen molar-refractivity contribution in [3.8, 4) is 5.75 Å². The Labute approximate surface area is 128 Å². The van der Waals surface area contributed by atoms with E-state index in [1.807, 2.05) is 0 Å². The lowest BCUT2D eigenvalue weighted by Gasteiger charge is -2.08. The number of anilines is 1. The van der Waals surface area contributed by atoms with Gasteiger partial charge in [0.05, 0.1) is 11.6 Å². The average Bonchev–Trinajstić information content (AvgIpc) is 2.47. The molecular formula is C14H11BrN2O4. The summed E-state index contributed by atoms with van der Waals surface area (Å²) in [5.74, 6) is -0.959. The fourth-order valence-electron chi connectivity index (χ4n) is 1.64. The van der Waals surface area contributed by atoms with Gasteiger partial charge in [-0.2, -0.15) is 0 Å². The molecule has 2 aromatic rings. The number of aromatic nitrogens is 1. The molecule has 2 N–H and O–H groups in total. The van der Waals surface area contributed by atoms with E-state index in [1.54, 1.807) is 25.3 Å². The van der Waals surface area contributed by atoms with Gasteiger partial charge in [-0.15, -0.1) is 0 Å². The molecule has 7 heteroatoms. The Hall–Kier alpha value is -2.41. The maximum Gasteiger partial charge on any atom is 0.354 e. The van der Waals surface area contributed by atoms with E-state index in [9.17, 15) is 9.59 Å². The first-order valence-corrected chi connectivity index (χ1v) is 6.65. The lowest BCUT2D eigenvalue weighted by molar-refractivity contribution is 0.0690. The van der Waals surface area contributed by atoms with Crippen LogP contribution in [0.5, 0.6) is 5.75 Å². The highest BCUT2D eigenvalue weighted by molar-refractivity contribution is 9.10. The van der Waals surface area contributed by atoms with Gasteiger partial charge in [-0.1, -0.05) is 0 Å². The number of carbonyl (C=O) groups excluding carboxylic acids is 1. The summed E-state index contributed by atoms with van der Waals surface area (Å²) in [7, 11) is 1.54. The van der Waals surface area contributed by atoms with Crippen LogP contribution >= 0.6 is 15.9 Å². The Kier molecular flexibility index (Phi) is 4.54. The zero-order valence-electron chi connectivity index (χ0n) is 11.0. The molecular weight excluding hydrogens is 340 g/mol. The molecule has 0 saturated carbocycles. The largest absolute Gasteiger partial charge is 0.496 e. The Bertz CT molecular complexity index is 703. The number of halogens is 1. The molecule has 21 heavy (non-hydrogen) atoms. The van der Waals surface area contributed by atoms with Gasteiger partial charge in [0.15, 0.2) is 0 Å². The van der Waals surface area contributed by atoms with Crippen LogP contribution in [-0.4, -0.2) is 29.1 Å². The van der Waals surface area contributed by atoms with Crippen molar-refractivity contribution < 1.29 is 19.4 Å². The predicted molar refractivity (Wildman–Crippen MR) is 79.8 cm³/mol. The molecule has 0 spiro atoms. The Morgan fingerprint density at radius 2 is 2.05 bits per heavy atom. The fourth-order valence-corrected chi connectivity index (χ4v) is 2.18. The molecule has 1 amide bonds. The van der Waals surface area contributed by atoms with Crippen LogP contribution in [0.1, 0.15) is 20.8 Å². The number of hydrogen-bond acceptors (Lipinski definition) is 4. The van der Waals surface area contributed by atoms with Gasteiger partial charge in [0, 0.05) is 17.4 Å². The summed E-state index contributed by atoms with van der Waals surface area (Å²) < 4.78 is 5.80. The number of nitrogens with zero attached hydrogens (tertiary/aromatic N) is 1. The zero-order chi connectivity index (χ0) is 15.4. The maximum absolute atomic E-state index is 12.1. The van der Waals surface area contributed by atoms with Crippen LogP contribution in [0.2, 0.25) is 0 Å². The molecule has 1 aromatic carbocycles. The molecule has 108 valence electrons. The molecule has 0 bridgehead atoms. The van der Waals surface area contributed by atoms with E-state index in [0.29, 0.717) is 15.9 Å². The number of rotatable bonds is 4. The smallest absolute Gasteiger partial charge is 0.354 e. The number of aromatic carboxylic acids is 1. The minimum atomic E-state index is -1.18. The van der Waals surface area contributed by atoms with Crippen molar-refractivity contribution in [1.29, 1.82) is 0 Å². The van der Waals surface area contributed by atoms with E-state index in [-0.39, 0.29) is 11.3 Å². The first kappa shape index (κ1) is 15.0. The summed E-state index contributed by atoms with van der Waals surface area (Å²) in [6.45, 7) is 0. The lowest BCUT2D eigenvalue weighted by atomic mass is 10.2. The van der Waals surface area contributed by atoms with Crippen LogP contribution in [0.4, 0.5) is 5.69 Å². The number of ether oxygens (including phenoxy) is 1. The molecule has 0 aliphatic heterocycles. The molecule has 0 aliphatic rings. The van der Waals surface area contributed by atoms with Crippen molar-refractivity contribution >= 4 is 33.5 Å². The monoisotopic (exact) mass is 350 g/mol. The number of methoxy groups -OCH3 is 1. The quantitative estimate of drug-likeness (QED) is 0.884. The Morgan fingerprint density at radius 1 is 1.29 bits per heavy atom. The number of nitrogens with one attached hydrogen (secondary N) is 1. The number of benzene rings is 1. The summed E-state index contributed by atoms with van der Waals surface area (Å²) in [6, 6.07) is 7.74. The van der Waals surface area contributed by atoms with Crippen LogP contribution in [0.15, 0.2) is 41.0 Å². The minimum Gasteiger partial charge on any atom is -0.496 e. The van der Waals surface area contributed by atoms with Crippen molar-refractivity contribution in [2.45, 2.75) is 0 Å². The standard InChI is InChI=1S/C14H11BrN2O4/c1-21-12-3-2-9(7-10(12)15)17-13(18)8-4-5-16-11(6-8)14(19)20/h2-7H,1H3,(H,17,18)(H,19,20). The topological polar surface area (TPSA) is 88.5 Å². The van der Waals surface area contributed by atoms with Crippen molar-refractivity contribution in [2.24, 2.45) is 0 Å². The summed E-state index contributed by atoms with van der Waals surface area (Å²) in [6.07, 6.45) is 1.28. The van der Waals surface area contributed by atoms with E-state index in [4.69, 9.17) is 9.84 Å². The summed E-state index contributed by atoms with van der Waals surface area (Å²) in [5.41, 5.74) is 0.592. The SMILES string of the molecule is COc1ccc(NC(=O)c2ccnc(C(=O)O)c2)cc1Br. The third-order valence-corrected chi connectivity index (χ3v) is 3.27. The van der Waals surface area contributed by atoms with Crippen LogP contribution < -0.4 is 10.1 Å². The molecule has 0 atom stereocenters. The molecule has 0 saturated heterocycles. The third kappa shape index (κ3) is 3.57. The maximum atomic E-state index is 12.1. The second-order valence-electron chi connectivity index (χ2n) is 4.04.